The van der Waals surface area contributed by atoms with E-state index in [9.17, 15) is 23.1 Å². The molecule has 0 unspecified atom stereocenters. The Bertz CT molecular complexity index is 697. The summed E-state index contributed by atoms with van der Waals surface area (Å²) in [6.07, 6.45) is 3.55. The third-order valence-corrected chi connectivity index (χ3v) is 5.86. The highest BCUT2D eigenvalue weighted by Gasteiger charge is 2.41. The van der Waals surface area contributed by atoms with Gasteiger partial charge in [0.2, 0.25) is 5.91 Å². The Kier molecular flexibility index (Phi) is 5.08. The molecule has 1 N–H and O–H groups in total. The molecule has 128 valence electrons. The van der Waals surface area contributed by atoms with E-state index in [4.69, 9.17) is 0 Å². The number of hydrogen-bond acceptors (Lipinski definition) is 5. The molecule has 2 heterocycles. The number of aryl methyl sites for hydroxylation is 1. The van der Waals surface area contributed by atoms with Gasteiger partial charge in [-0.2, -0.15) is 5.10 Å². The van der Waals surface area contributed by atoms with Crippen LogP contribution in [-0.4, -0.2) is 58.1 Å². The molecule has 1 fully saturated rings. The molecule has 23 heavy (non-hydrogen) atoms. The molecule has 0 saturated carbocycles. The maximum atomic E-state index is 12.3. The number of aromatic nitrogens is 2. The Balaban J connectivity index is 2.33. The lowest BCUT2D eigenvalue weighted by atomic mass is 9.85. The van der Waals surface area contributed by atoms with Gasteiger partial charge in [0.05, 0.1) is 23.9 Å². The number of piperidine rings is 1. The van der Waals surface area contributed by atoms with Crippen LogP contribution in [0.5, 0.6) is 0 Å². The Labute approximate surface area is 135 Å². The van der Waals surface area contributed by atoms with Crippen molar-refractivity contribution in [3.63, 3.8) is 0 Å². The van der Waals surface area contributed by atoms with Crippen LogP contribution < -0.4 is 0 Å². The van der Waals surface area contributed by atoms with Crippen molar-refractivity contribution in [3.8, 4) is 0 Å². The summed E-state index contributed by atoms with van der Waals surface area (Å²) < 4.78 is 25.0. The number of rotatable bonds is 6. The summed E-state index contributed by atoms with van der Waals surface area (Å²) in [5.74, 6) is -2.15. The summed E-state index contributed by atoms with van der Waals surface area (Å²) in [5, 5.41) is 13.5. The van der Waals surface area contributed by atoms with Crippen LogP contribution in [0, 0.1) is 5.92 Å². The van der Waals surface area contributed by atoms with Gasteiger partial charge in [0.25, 0.3) is 0 Å². The molecule has 1 amide bonds. The van der Waals surface area contributed by atoms with Gasteiger partial charge in [-0.05, 0) is 6.42 Å². The Morgan fingerprint density at radius 1 is 1.48 bits per heavy atom. The van der Waals surface area contributed by atoms with Crippen LogP contribution in [0.25, 0.3) is 0 Å². The maximum absolute atomic E-state index is 12.3. The number of hydrogen-bond donors (Lipinski definition) is 1. The van der Waals surface area contributed by atoms with Crippen molar-refractivity contribution >= 4 is 21.7 Å². The second-order valence-corrected chi connectivity index (χ2v) is 8.17. The molecular formula is C14H21N3O5S. The zero-order valence-corrected chi connectivity index (χ0v) is 14.0. The fraction of sp³-hybridized carbons (Fsp3) is 0.643. The molecule has 1 aliphatic rings. The minimum atomic E-state index is -3.24. The molecule has 1 aliphatic heterocycles. The second kappa shape index (κ2) is 6.69. The van der Waals surface area contributed by atoms with Gasteiger partial charge in [0, 0.05) is 37.5 Å². The molecule has 9 heteroatoms. The number of carboxylic acids is 1. The SMILES string of the molecule is CCS(=O)(=O)CCN1C(=O)CC[C@H](C(=O)O)[C@H]1c1cnn(C)c1. The minimum Gasteiger partial charge on any atom is -0.481 e. The molecule has 0 radical (unpaired) electrons. The number of carboxylic acid groups (broad SMARTS) is 1. The van der Waals surface area contributed by atoms with Gasteiger partial charge in [-0.25, -0.2) is 8.42 Å². The van der Waals surface area contributed by atoms with Gasteiger partial charge in [0.15, 0.2) is 9.84 Å². The summed E-state index contributed by atoms with van der Waals surface area (Å²) in [4.78, 5) is 25.2. The Morgan fingerprint density at radius 2 is 2.17 bits per heavy atom. The molecule has 1 aromatic rings. The van der Waals surface area contributed by atoms with Gasteiger partial charge in [-0.1, -0.05) is 6.92 Å². The van der Waals surface area contributed by atoms with Crippen molar-refractivity contribution in [2.24, 2.45) is 13.0 Å². The fourth-order valence-corrected chi connectivity index (χ4v) is 3.63. The molecular weight excluding hydrogens is 322 g/mol. The van der Waals surface area contributed by atoms with Crippen molar-refractivity contribution in [2.45, 2.75) is 25.8 Å². The van der Waals surface area contributed by atoms with E-state index in [1.54, 1.807) is 20.2 Å². The third kappa shape index (κ3) is 3.90. The lowest BCUT2D eigenvalue weighted by Gasteiger charge is -2.39. The summed E-state index contributed by atoms with van der Waals surface area (Å²) in [5.41, 5.74) is 0.613. The summed E-state index contributed by atoms with van der Waals surface area (Å²) in [6, 6.07) is -0.686. The number of carbonyl (C=O) groups excluding carboxylic acids is 1. The first-order chi connectivity index (χ1) is 10.7. The van der Waals surface area contributed by atoms with Crippen molar-refractivity contribution < 1.29 is 23.1 Å². The quantitative estimate of drug-likeness (QED) is 0.791. The predicted octanol–water partition coefficient (Wildman–Crippen LogP) is 0.219. The van der Waals surface area contributed by atoms with Gasteiger partial charge in [0.1, 0.15) is 0 Å². The number of nitrogens with zero attached hydrogens (tertiary/aromatic N) is 3. The molecule has 8 nitrogen and oxygen atoms in total. The van der Waals surface area contributed by atoms with Crippen LogP contribution >= 0.6 is 0 Å². The number of sulfone groups is 1. The predicted molar refractivity (Wildman–Crippen MR) is 82.3 cm³/mol. The van der Waals surface area contributed by atoms with E-state index >= 15 is 0 Å². The lowest BCUT2D eigenvalue weighted by molar-refractivity contribution is -0.151. The zero-order valence-electron chi connectivity index (χ0n) is 13.2. The average Bonchev–Trinajstić information content (AvgIpc) is 2.91. The normalized spacial score (nSPS) is 22.3. The first-order valence-electron chi connectivity index (χ1n) is 7.46. The van der Waals surface area contributed by atoms with Crippen molar-refractivity contribution in [3.05, 3.63) is 18.0 Å². The number of amides is 1. The molecule has 1 saturated heterocycles. The van der Waals surface area contributed by atoms with E-state index in [0.29, 0.717) is 5.56 Å². The minimum absolute atomic E-state index is 0.00164. The van der Waals surface area contributed by atoms with Crippen molar-refractivity contribution in [1.82, 2.24) is 14.7 Å². The highest BCUT2D eigenvalue weighted by molar-refractivity contribution is 7.91. The maximum Gasteiger partial charge on any atom is 0.308 e. The first-order valence-corrected chi connectivity index (χ1v) is 9.28. The van der Waals surface area contributed by atoms with Gasteiger partial charge < -0.3 is 10.0 Å². The largest absolute Gasteiger partial charge is 0.481 e. The van der Waals surface area contributed by atoms with Crippen LogP contribution in [0.2, 0.25) is 0 Å². The molecule has 2 atom stereocenters. The standard InChI is InChI=1S/C14H21N3O5S/c1-3-23(21,22)7-6-17-12(18)5-4-11(14(19)20)13(17)10-8-15-16(2)9-10/h8-9,11,13H,3-7H2,1-2H3,(H,19,20)/t11-,13+/m0/s1. The first kappa shape index (κ1) is 17.5. The van der Waals surface area contributed by atoms with E-state index in [0.717, 1.165) is 0 Å². The zero-order chi connectivity index (χ0) is 17.2. The van der Waals surface area contributed by atoms with Crippen LogP contribution in [0.3, 0.4) is 0 Å². The topological polar surface area (TPSA) is 110 Å². The monoisotopic (exact) mass is 343 g/mol. The summed E-state index contributed by atoms with van der Waals surface area (Å²) >= 11 is 0. The number of carbonyl (C=O) groups is 2. The van der Waals surface area contributed by atoms with E-state index < -0.39 is 27.8 Å². The van der Waals surface area contributed by atoms with E-state index in [1.807, 2.05) is 0 Å². The third-order valence-electron chi connectivity index (χ3n) is 4.17. The molecule has 0 bridgehead atoms. The average molecular weight is 343 g/mol. The molecule has 1 aromatic heterocycles. The highest BCUT2D eigenvalue weighted by atomic mass is 32.2. The van der Waals surface area contributed by atoms with Crippen molar-refractivity contribution in [1.29, 1.82) is 0 Å². The number of aliphatic carboxylic acids is 1. The fourth-order valence-electron chi connectivity index (χ4n) is 2.86. The van der Waals surface area contributed by atoms with Crippen LogP contribution in [0.15, 0.2) is 12.4 Å². The molecule has 2 rings (SSSR count). The molecule has 0 aliphatic carbocycles. The van der Waals surface area contributed by atoms with Crippen LogP contribution in [0.4, 0.5) is 0 Å². The molecule has 0 spiro atoms. The van der Waals surface area contributed by atoms with Gasteiger partial charge in [-0.3, -0.25) is 14.3 Å². The smallest absolute Gasteiger partial charge is 0.308 e. The highest BCUT2D eigenvalue weighted by Crippen LogP contribution is 2.36. The van der Waals surface area contributed by atoms with Crippen LogP contribution in [0.1, 0.15) is 31.4 Å². The molecule has 0 aromatic carbocycles. The van der Waals surface area contributed by atoms with E-state index in [2.05, 4.69) is 5.10 Å². The second-order valence-electron chi connectivity index (χ2n) is 5.70. The van der Waals surface area contributed by atoms with Gasteiger partial charge in [-0.15, -0.1) is 0 Å². The van der Waals surface area contributed by atoms with E-state index in [-0.39, 0.29) is 36.8 Å². The Hall–Kier alpha value is -1.90. The number of likely N-dealkylation sites (tertiary alicyclic amines) is 1. The summed E-state index contributed by atoms with van der Waals surface area (Å²) in [6.45, 7) is 1.55. The van der Waals surface area contributed by atoms with E-state index in [1.165, 1.54) is 15.8 Å². The summed E-state index contributed by atoms with van der Waals surface area (Å²) in [7, 11) is -1.54. The van der Waals surface area contributed by atoms with Crippen LogP contribution in [-0.2, 0) is 26.5 Å². The lowest BCUT2D eigenvalue weighted by Crippen LogP contribution is -2.47. The van der Waals surface area contributed by atoms with Gasteiger partial charge >= 0.3 is 5.97 Å². The Morgan fingerprint density at radius 3 is 2.70 bits per heavy atom. The van der Waals surface area contributed by atoms with Crippen molar-refractivity contribution in [2.75, 3.05) is 18.1 Å².